The number of hydrogen-bond donors (Lipinski definition) is 1. The number of alkyl carbamates (subject to hydrolysis) is 1. The molecule has 1 rings (SSSR count). The average Bonchev–Trinajstić information content (AvgIpc) is 2.35. The number of carbonyl (C=O) groups excluding carboxylic acids is 2. The van der Waals surface area contributed by atoms with Crippen molar-refractivity contribution in [2.75, 3.05) is 27.7 Å². The van der Waals surface area contributed by atoms with Crippen molar-refractivity contribution in [3.63, 3.8) is 0 Å². The summed E-state index contributed by atoms with van der Waals surface area (Å²) < 4.78 is 5.36. The van der Waals surface area contributed by atoms with Crippen LogP contribution in [0.2, 0.25) is 0 Å². The van der Waals surface area contributed by atoms with Gasteiger partial charge < -0.3 is 24.4 Å². The van der Waals surface area contributed by atoms with Crippen LogP contribution in [0.5, 0.6) is 0 Å². The molecule has 6 heteroatoms. The Hall–Kier alpha value is -2.08. The first-order valence-corrected chi connectivity index (χ1v) is 6.26. The van der Waals surface area contributed by atoms with E-state index >= 15 is 0 Å². The highest BCUT2D eigenvalue weighted by atomic mass is 16.5. The molecule has 6 nitrogen and oxygen atoms in total. The average molecular weight is 280 g/mol. The second kappa shape index (κ2) is 6.91. The highest BCUT2D eigenvalue weighted by Crippen LogP contribution is 2.01. The number of hydrogen-bond acceptors (Lipinski definition) is 4. The van der Waals surface area contributed by atoms with Gasteiger partial charge in [0.1, 0.15) is 19.2 Å². The van der Waals surface area contributed by atoms with Gasteiger partial charge in [-0.05, 0) is 5.56 Å². The molecule has 0 spiro atoms. The quantitative estimate of drug-likeness (QED) is 0.728. The zero-order valence-corrected chi connectivity index (χ0v) is 12.0. The number of carboxylic acids is 1. The van der Waals surface area contributed by atoms with Crippen LogP contribution in [0.3, 0.4) is 0 Å². The summed E-state index contributed by atoms with van der Waals surface area (Å²) in [5.74, 6) is -1.32. The fourth-order valence-corrected chi connectivity index (χ4v) is 1.63. The van der Waals surface area contributed by atoms with Gasteiger partial charge >= 0.3 is 6.09 Å². The highest BCUT2D eigenvalue weighted by molar-refractivity contribution is 5.78. The van der Waals surface area contributed by atoms with Crippen LogP contribution in [0, 0.1) is 0 Å². The van der Waals surface area contributed by atoms with E-state index in [1.165, 1.54) is 0 Å². The Morgan fingerprint density at radius 1 is 1.25 bits per heavy atom. The maximum Gasteiger partial charge on any atom is 0.408 e. The van der Waals surface area contributed by atoms with Crippen LogP contribution >= 0.6 is 0 Å². The molecule has 1 atom stereocenters. The maximum absolute atomic E-state index is 11.6. The van der Waals surface area contributed by atoms with Crippen molar-refractivity contribution in [3.8, 4) is 0 Å². The van der Waals surface area contributed by atoms with Gasteiger partial charge in [0.05, 0.1) is 27.1 Å². The van der Waals surface area contributed by atoms with E-state index < -0.39 is 18.1 Å². The lowest BCUT2D eigenvalue weighted by atomic mass is 10.2. The lowest BCUT2D eigenvalue weighted by molar-refractivity contribution is -0.870. The molecule has 1 aromatic rings. The Labute approximate surface area is 118 Å². The number of quaternary nitrogens is 1. The van der Waals surface area contributed by atoms with E-state index in [0.717, 1.165) is 5.56 Å². The number of likely N-dealkylation sites (N-methyl/N-ethyl adjacent to an activating group) is 1. The van der Waals surface area contributed by atoms with Gasteiger partial charge in [-0.25, -0.2) is 4.79 Å². The summed E-state index contributed by atoms with van der Waals surface area (Å²) in [6.07, 6.45) is -0.767. The minimum absolute atomic E-state index is 0.0941. The summed E-state index contributed by atoms with van der Waals surface area (Å²) in [5.41, 5.74) is 0.833. The van der Waals surface area contributed by atoms with Crippen molar-refractivity contribution < 1.29 is 23.9 Å². The Bertz CT molecular complexity index is 454. The molecule has 0 aliphatic rings. The van der Waals surface area contributed by atoms with Crippen LogP contribution in [0.25, 0.3) is 0 Å². The normalized spacial score (nSPS) is 12.6. The number of carboxylic acid groups (broad SMARTS) is 1. The number of carbonyl (C=O) groups is 2. The highest BCUT2D eigenvalue weighted by Gasteiger charge is 2.21. The van der Waals surface area contributed by atoms with Crippen molar-refractivity contribution in [2.45, 2.75) is 12.6 Å². The summed E-state index contributed by atoms with van der Waals surface area (Å²) >= 11 is 0. The zero-order valence-electron chi connectivity index (χ0n) is 12.0. The summed E-state index contributed by atoms with van der Waals surface area (Å²) in [7, 11) is 5.48. The molecule has 0 radical (unpaired) electrons. The second-order valence-corrected chi connectivity index (χ2v) is 5.55. The number of nitrogens with zero attached hydrogens (tertiary/aromatic N) is 1. The zero-order chi connectivity index (χ0) is 15.2. The SMILES string of the molecule is C[N+](C)(C)C[C@H](NC(=O)OCc1ccccc1)C(=O)[O-]. The lowest BCUT2D eigenvalue weighted by Crippen LogP contribution is -2.56. The van der Waals surface area contributed by atoms with Crippen LogP contribution in [0.4, 0.5) is 4.79 Å². The topological polar surface area (TPSA) is 78.5 Å². The molecule has 0 aliphatic heterocycles. The van der Waals surface area contributed by atoms with E-state index in [-0.39, 0.29) is 13.2 Å². The van der Waals surface area contributed by atoms with E-state index in [1.54, 1.807) is 0 Å². The van der Waals surface area contributed by atoms with Gasteiger partial charge in [0.15, 0.2) is 0 Å². The van der Waals surface area contributed by atoms with Gasteiger partial charge in [-0.15, -0.1) is 0 Å². The van der Waals surface area contributed by atoms with Gasteiger partial charge in [0, 0.05) is 0 Å². The number of nitrogens with one attached hydrogen (secondary N) is 1. The van der Waals surface area contributed by atoms with Crippen LogP contribution in [0.1, 0.15) is 5.56 Å². The van der Waals surface area contributed by atoms with Gasteiger partial charge in [-0.1, -0.05) is 30.3 Å². The standard InChI is InChI=1S/C14H20N2O4/c1-16(2,3)9-12(13(17)18)15-14(19)20-10-11-7-5-4-6-8-11/h4-8,12H,9-10H2,1-3H3,(H-,15,17,18,19)/t12-/m0/s1. The molecular formula is C14H20N2O4. The number of ether oxygens (including phenoxy) is 1. The first-order valence-electron chi connectivity index (χ1n) is 6.26. The first-order chi connectivity index (χ1) is 9.28. The Kier molecular flexibility index (Phi) is 5.52. The van der Waals surface area contributed by atoms with E-state index in [0.29, 0.717) is 4.48 Å². The third-order valence-electron chi connectivity index (χ3n) is 2.52. The molecule has 0 heterocycles. The maximum atomic E-state index is 11.6. The third-order valence-corrected chi connectivity index (χ3v) is 2.52. The molecular weight excluding hydrogens is 260 g/mol. The van der Waals surface area contributed by atoms with Crippen LogP contribution < -0.4 is 10.4 Å². The summed E-state index contributed by atoms with van der Waals surface area (Å²) in [6.45, 7) is 0.305. The monoisotopic (exact) mass is 280 g/mol. The Morgan fingerprint density at radius 3 is 2.35 bits per heavy atom. The third kappa shape index (κ3) is 6.19. The predicted molar refractivity (Wildman–Crippen MR) is 71.5 cm³/mol. The molecule has 0 aromatic heterocycles. The fraction of sp³-hybridized carbons (Fsp3) is 0.429. The number of rotatable bonds is 6. The fourth-order valence-electron chi connectivity index (χ4n) is 1.63. The molecule has 0 aliphatic carbocycles. The first kappa shape index (κ1) is 16.0. The van der Waals surface area contributed by atoms with Crippen molar-refractivity contribution in [1.82, 2.24) is 5.32 Å². The number of benzene rings is 1. The molecule has 1 aromatic carbocycles. The lowest BCUT2D eigenvalue weighted by Gasteiger charge is -2.29. The molecule has 0 saturated heterocycles. The van der Waals surface area contributed by atoms with Crippen molar-refractivity contribution in [2.24, 2.45) is 0 Å². The van der Waals surface area contributed by atoms with E-state index in [4.69, 9.17) is 4.74 Å². The number of amides is 1. The molecule has 0 bridgehead atoms. The molecule has 20 heavy (non-hydrogen) atoms. The molecule has 1 N–H and O–H groups in total. The van der Waals surface area contributed by atoms with E-state index in [9.17, 15) is 14.7 Å². The Morgan fingerprint density at radius 2 is 1.85 bits per heavy atom. The van der Waals surface area contributed by atoms with Gasteiger partial charge in [0.2, 0.25) is 0 Å². The van der Waals surface area contributed by atoms with E-state index in [1.807, 2.05) is 51.5 Å². The molecule has 1 amide bonds. The molecule has 0 unspecified atom stereocenters. The molecule has 0 saturated carbocycles. The smallest absolute Gasteiger partial charge is 0.408 e. The predicted octanol–water partition coefficient (Wildman–Crippen LogP) is -0.262. The van der Waals surface area contributed by atoms with E-state index in [2.05, 4.69) is 5.32 Å². The van der Waals surface area contributed by atoms with Crippen LogP contribution in [-0.4, -0.2) is 50.3 Å². The summed E-state index contributed by atoms with van der Waals surface area (Å²) in [6, 6.07) is 8.07. The minimum Gasteiger partial charge on any atom is -0.548 e. The van der Waals surface area contributed by atoms with Crippen molar-refractivity contribution >= 4 is 12.1 Å². The molecule has 0 fully saturated rings. The minimum atomic E-state index is -1.32. The van der Waals surface area contributed by atoms with Crippen molar-refractivity contribution in [1.29, 1.82) is 0 Å². The van der Waals surface area contributed by atoms with Gasteiger partial charge in [0.25, 0.3) is 0 Å². The van der Waals surface area contributed by atoms with Crippen LogP contribution in [-0.2, 0) is 16.1 Å². The van der Waals surface area contributed by atoms with Gasteiger partial charge in [-0.3, -0.25) is 0 Å². The van der Waals surface area contributed by atoms with Crippen molar-refractivity contribution in [3.05, 3.63) is 35.9 Å². The number of aliphatic carboxylic acids is 1. The second-order valence-electron chi connectivity index (χ2n) is 5.55. The largest absolute Gasteiger partial charge is 0.548 e. The summed E-state index contributed by atoms with van der Waals surface area (Å²) in [5, 5.41) is 13.3. The molecule has 110 valence electrons. The van der Waals surface area contributed by atoms with Crippen LogP contribution in [0.15, 0.2) is 30.3 Å². The van der Waals surface area contributed by atoms with Gasteiger partial charge in [-0.2, -0.15) is 0 Å². The Balaban J connectivity index is 2.48. The summed E-state index contributed by atoms with van der Waals surface area (Å²) in [4.78, 5) is 22.6.